The second-order valence-electron chi connectivity index (χ2n) is 4.19. The Morgan fingerprint density at radius 2 is 1.39 bits per heavy atom. The van der Waals surface area contributed by atoms with E-state index < -0.39 is 23.1 Å². The molecule has 0 saturated carbocycles. The molecule has 0 heterocycles. The van der Waals surface area contributed by atoms with Crippen LogP contribution in [0.5, 0.6) is 0 Å². The molecule has 2 N–H and O–H groups in total. The summed E-state index contributed by atoms with van der Waals surface area (Å²) in [5.74, 6) is -3.20. The number of hydrogen-bond donors (Lipinski definition) is 2. The molecule has 0 aromatic carbocycles. The number of carboxylic acid groups (broad SMARTS) is 2. The number of ketones is 1. The van der Waals surface area contributed by atoms with Crippen molar-refractivity contribution in [3.05, 3.63) is 0 Å². The molecule has 0 fully saturated rings. The zero-order valence-corrected chi connectivity index (χ0v) is 11.0. The Bertz CT molecular complexity index is 290. The number of rotatable bonds is 11. The SMILES string of the molecule is O=C(O)CCCCCCCCC(Cl)C(=O)C(=O)O. The summed E-state index contributed by atoms with van der Waals surface area (Å²) in [6, 6.07) is 0. The van der Waals surface area contributed by atoms with Crippen molar-refractivity contribution in [1.29, 1.82) is 0 Å². The van der Waals surface area contributed by atoms with Gasteiger partial charge in [0.1, 0.15) is 5.38 Å². The molecule has 0 aliphatic rings. The van der Waals surface area contributed by atoms with Crippen molar-refractivity contribution in [1.82, 2.24) is 0 Å². The van der Waals surface area contributed by atoms with Gasteiger partial charge in [-0.15, -0.1) is 11.6 Å². The van der Waals surface area contributed by atoms with Gasteiger partial charge in [0.2, 0.25) is 0 Å². The lowest BCUT2D eigenvalue weighted by Gasteiger charge is -2.05. The number of Topliss-reactive ketones (excluding diaryl/α,β-unsaturated/α-hetero) is 1. The van der Waals surface area contributed by atoms with Gasteiger partial charge in [-0.3, -0.25) is 9.59 Å². The van der Waals surface area contributed by atoms with Gasteiger partial charge in [-0.1, -0.05) is 32.1 Å². The van der Waals surface area contributed by atoms with Gasteiger partial charge in [0.15, 0.2) is 0 Å². The van der Waals surface area contributed by atoms with E-state index in [0.29, 0.717) is 19.3 Å². The number of halogens is 1. The molecule has 0 rings (SSSR count). The third kappa shape index (κ3) is 8.98. The van der Waals surface area contributed by atoms with E-state index >= 15 is 0 Å². The second-order valence-corrected chi connectivity index (χ2v) is 4.72. The third-order valence-corrected chi connectivity index (χ3v) is 3.01. The summed E-state index contributed by atoms with van der Waals surface area (Å²) in [4.78, 5) is 31.5. The quantitative estimate of drug-likeness (QED) is 0.344. The highest BCUT2D eigenvalue weighted by Crippen LogP contribution is 2.13. The summed E-state index contributed by atoms with van der Waals surface area (Å²) in [6.07, 6.45) is 5.64. The number of carboxylic acids is 2. The van der Waals surface area contributed by atoms with Crippen LogP contribution in [0.2, 0.25) is 0 Å². The molecule has 18 heavy (non-hydrogen) atoms. The molecule has 104 valence electrons. The molecular weight excluding hydrogens is 260 g/mol. The van der Waals surface area contributed by atoms with Crippen molar-refractivity contribution in [3.8, 4) is 0 Å². The molecule has 0 spiro atoms. The maximum atomic E-state index is 10.9. The predicted molar refractivity (Wildman–Crippen MR) is 66.9 cm³/mol. The smallest absolute Gasteiger partial charge is 0.373 e. The first-order chi connectivity index (χ1) is 8.45. The zero-order chi connectivity index (χ0) is 14.0. The number of aliphatic carboxylic acids is 2. The van der Waals surface area contributed by atoms with Crippen LogP contribution in [0.15, 0.2) is 0 Å². The van der Waals surface area contributed by atoms with Gasteiger partial charge in [-0.25, -0.2) is 4.79 Å². The molecule has 1 unspecified atom stereocenters. The van der Waals surface area contributed by atoms with Gasteiger partial charge in [-0.05, 0) is 12.8 Å². The Morgan fingerprint density at radius 3 is 1.89 bits per heavy atom. The third-order valence-electron chi connectivity index (χ3n) is 2.59. The molecule has 0 aliphatic heterocycles. The first-order valence-corrected chi connectivity index (χ1v) is 6.51. The maximum absolute atomic E-state index is 10.9. The van der Waals surface area contributed by atoms with E-state index in [0.717, 1.165) is 25.7 Å². The van der Waals surface area contributed by atoms with Crippen LogP contribution in [0.25, 0.3) is 0 Å². The summed E-state index contributed by atoms with van der Waals surface area (Å²) in [5, 5.41) is 15.9. The molecule has 0 amide bonds. The van der Waals surface area contributed by atoms with Crippen LogP contribution in [-0.2, 0) is 14.4 Å². The minimum absolute atomic E-state index is 0.205. The van der Waals surface area contributed by atoms with Gasteiger partial charge >= 0.3 is 11.9 Å². The van der Waals surface area contributed by atoms with Crippen molar-refractivity contribution in [3.63, 3.8) is 0 Å². The van der Waals surface area contributed by atoms with Crippen molar-refractivity contribution in [2.24, 2.45) is 0 Å². The van der Waals surface area contributed by atoms with Crippen molar-refractivity contribution in [2.75, 3.05) is 0 Å². The Hall–Kier alpha value is -1.10. The Labute approximate surface area is 111 Å². The summed E-state index contributed by atoms with van der Waals surface area (Å²) < 4.78 is 0. The summed E-state index contributed by atoms with van der Waals surface area (Å²) in [6.45, 7) is 0. The van der Waals surface area contributed by atoms with Crippen molar-refractivity contribution < 1.29 is 24.6 Å². The molecular formula is C12H19ClO5. The van der Waals surface area contributed by atoms with E-state index in [2.05, 4.69) is 0 Å². The van der Waals surface area contributed by atoms with Crippen LogP contribution in [-0.4, -0.2) is 33.3 Å². The fourth-order valence-electron chi connectivity index (χ4n) is 1.57. The van der Waals surface area contributed by atoms with E-state index in [1.807, 2.05) is 0 Å². The normalized spacial score (nSPS) is 12.1. The van der Waals surface area contributed by atoms with Crippen LogP contribution in [0.4, 0.5) is 0 Å². The number of unbranched alkanes of at least 4 members (excludes halogenated alkanes) is 5. The molecule has 6 heteroatoms. The predicted octanol–water partition coefficient (Wildman–Crippen LogP) is 2.45. The highest BCUT2D eigenvalue weighted by molar-refractivity contribution is 6.47. The molecule has 0 aromatic rings. The zero-order valence-electron chi connectivity index (χ0n) is 10.2. The minimum Gasteiger partial charge on any atom is -0.481 e. The molecule has 0 radical (unpaired) electrons. The number of carbonyl (C=O) groups excluding carboxylic acids is 1. The topological polar surface area (TPSA) is 91.7 Å². The van der Waals surface area contributed by atoms with Crippen molar-refractivity contribution >= 4 is 29.3 Å². The number of hydrogen-bond acceptors (Lipinski definition) is 3. The molecule has 1 atom stereocenters. The lowest BCUT2D eigenvalue weighted by molar-refractivity contribution is -0.148. The number of carbonyl (C=O) groups is 3. The van der Waals surface area contributed by atoms with Gasteiger partial charge in [0, 0.05) is 6.42 Å². The Kier molecular flexibility index (Phi) is 9.28. The van der Waals surface area contributed by atoms with Gasteiger partial charge < -0.3 is 10.2 Å². The average molecular weight is 279 g/mol. The summed E-state index contributed by atoms with van der Waals surface area (Å²) >= 11 is 5.63. The highest BCUT2D eigenvalue weighted by atomic mass is 35.5. The molecule has 0 bridgehead atoms. The fourth-order valence-corrected chi connectivity index (χ4v) is 1.82. The Morgan fingerprint density at radius 1 is 0.889 bits per heavy atom. The minimum atomic E-state index is -1.48. The second kappa shape index (κ2) is 9.88. The first kappa shape index (κ1) is 16.9. The van der Waals surface area contributed by atoms with Crippen molar-refractivity contribution in [2.45, 2.75) is 56.7 Å². The summed E-state index contributed by atoms with van der Waals surface area (Å²) in [7, 11) is 0. The maximum Gasteiger partial charge on any atom is 0.373 e. The van der Waals surface area contributed by atoms with Crippen LogP contribution >= 0.6 is 11.6 Å². The van der Waals surface area contributed by atoms with Gasteiger partial charge in [0.25, 0.3) is 5.78 Å². The van der Waals surface area contributed by atoms with E-state index in [9.17, 15) is 14.4 Å². The Balaban J connectivity index is 3.38. The lowest BCUT2D eigenvalue weighted by atomic mass is 10.1. The molecule has 0 aliphatic carbocycles. The van der Waals surface area contributed by atoms with E-state index in [-0.39, 0.29) is 6.42 Å². The van der Waals surface area contributed by atoms with E-state index in [1.165, 1.54) is 0 Å². The van der Waals surface area contributed by atoms with Crippen LogP contribution in [0, 0.1) is 0 Å². The average Bonchev–Trinajstić information content (AvgIpc) is 2.30. The lowest BCUT2D eigenvalue weighted by Crippen LogP contribution is -2.23. The molecule has 0 saturated heterocycles. The van der Waals surface area contributed by atoms with Crippen LogP contribution in [0.3, 0.4) is 0 Å². The summed E-state index contributed by atoms with van der Waals surface area (Å²) in [5.41, 5.74) is 0. The van der Waals surface area contributed by atoms with Crippen LogP contribution in [0.1, 0.15) is 51.4 Å². The largest absolute Gasteiger partial charge is 0.481 e. The van der Waals surface area contributed by atoms with E-state index in [1.54, 1.807) is 0 Å². The van der Waals surface area contributed by atoms with Gasteiger partial charge in [0.05, 0.1) is 0 Å². The van der Waals surface area contributed by atoms with Crippen LogP contribution < -0.4 is 0 Å². The van der Waals surface area contributed by atoms with Gasteiger partial charge in [-0.2, -0.15) is 0 Å². The molecule has 0 aromatic heterocycles. The molecule has 5 nitrogen and oxygen atoms in total. The standard InChI is InChI=1S/C12H19ClO5/c13-9(11(16)12(17)18)7-5-3-1-2-4-6-8-10(14)15/h9H,1-8H2,(H,14,15)(H,17,18). The monoisotopic (exact) mass is 278 g/mol. The van der Waals surface area contributed by atoms with E-state index in [4.69, 9.17) is 21.8 Å². The first-order valence-electron chi connectivity index (χ1n) is 6.08. The fraction of sp³-hybridized carbons (Fsp3) is 0.750. The number of alkyl halides is 1. The highest BCUT2D eigenvalue weighted by Gasteiger charge is 2.21.